The Morgan fingerprint density at radius 2 is 2.37 bits per heavy atom. The van der Waals surface area contributed by atoms with E-state index < -0.39 is 6.04 Å². The van der Waals surface area contributed by atoms with Crippen molar-refractivity contribution >= 4 is 44.3 Å². The topological polar surface area (TPSA) is 71.8 Å². The Labute approximate surface area is 117 Å². The van der Waals surface area contributed by atoms with Gasteiger partial charge in [-0.3, -0.25) is 4.99 Å². The third kappa shape index (κ3) is 2.31. The highest BCUT2D eigenvalue weighted by Crippen LogP contribution is 2.31. The number of phenolic OH excluding ortho intramolecular Hbond substituents is 1. The molecule has 7 heteroatoms. The lowest BCUT2D eigenvalue weighted by Crippen LogP contribution is -2.19. The Morgan fingerprint density at radius 1 is 1.53 bits per heavy atom. The largest absolute Gasteiger partial charge is 0.508 e. The maximum Gasteiger partial charge on any atom is 0.331 e. The van der Waals surface area contributed by atoms with Crippen LogP contribution < -0.4 is 0 Å². The fourth-order valence-corrected chi connectivity index (χ4v) is 3.84. The third-order valence-corrected chi connectivity index (χ3v) is 4.89. The van der Waals surface area contributed by atoms with E-state index >= 15 is 0 Å². The van der Waals surface area contributed by atoms with Gasteiger partial charge in [0, 0.05) is 5.75 Å². The Morgan fingerprint density at radius 3 is 3.16 bits per heavy atom. The van der Waals surface area contributed by atoms with Crippen molar-refractivity contribution in [2.45, 2.75) is 6.04 Å². The molecule has 5 nitrogen and oxygen atoms in total. The molecule has 98 valence electrons. The minimum absolute atomic E-state index is 0.219. The van der Waals surface area contributed by atoms with Crippen LogP contribution in [0.5, 0.6) is 5.75 Å². The highest BCUT2D eigenvalue weighted by Gasteiger charge is 2.27. The average molecular weight is 294 g/mol. The van der Waals surface area contributed by atoms with Gasteiger partial charge >= 0.3 is 5.97 Å². The molecule has 19 heavy (non-hydrogen) atoms. The van der Waals surface area contributed by atoms with E-state index in [0.29, 0.717) is 5.75 Å². The third-order valence-electron chi connectivity index (χ3n) is 2.68. The van der Waals surface area contributed by atoms with E-state index in [2.05, 4.69) is 14.7 Å². The summed E-state index contributed by atoms with van der Waals surface area (Å²) >= 11 is 2.96. The number of nitrogens with zero attached hydrogens (tertiary/aromatic N) is 2. The summed E-state index contributed by atoms with van der Waals surface area (Å²) < 4.78 is 5.59. The van der Waals surface area contributed by atoms with Gasteiger partial charge in [-0.1, -0.05) is 0 Å². The summed E-state index contributed by atoms with van der Waals surface area (Å²) in [7, 11) is 1.36. The smallest absolute Gasteiger partial charge is 0.331 e. The average Bonchev–Trinajstić information content (AvgIpc) is 3.03. The predicted octanol–water partition coefficient (Wildman–Crippen LogP) is 2.04. The first kappa shape index (κ1) is 12.4. The van der Waals surface area contributed by atoms with E-state index in [-0.39, 0.29) is 11.7 Å². The molecule has 2 heterocycles. The summed E-state index contributed by atoms with van der Waals surface area (Å²) in [6.45, 7) is 0. The molecule has 0 radical (unpaired) electrons. The van der Waals surface area contributed by atoms with E-state index in [1.54, 1.807) is 18.2 Å². The summed E-state index contributed by atoms with van der Waals surface area (Å²) in [5, 5.41) is 11.0. The summed E-state index contributed by atoms with van der Waals surface area (Å²) in [5.41, 5.74) is 0.822. The number of hydrogen-bond donors (Lipinski definition) is 1. The standard InChI is InChI=1S/C12H10N2O3S2/c1-17-12(16)8-5-18-10(14-8)11-13-7-3-2-6(15)4-9(7)19-11/h2-4,8,15H,5H2,1H3/t8-/m0/s1. The molecule has 0 unspecified atom stereocenters. The van der Waals surface area contributed by atoms with Crippen LogP contribution in [-0.4, -0.2) is 40.0 Å². The fourth-order valence-electron chi connectivity index (χ4n) is 1.75. The molecule has 0 spiro atoms. The molecule has 3 rings (SSSR count). The predicted molar refractivity (Wildman–Crippen MR) is 76.1 cm³/mol. The summed E-state index contributed by atoms with van der Waals surface area (Å²) in [6, 6.07) is 4.61. The number of carbonyl (C=O) groups is 1. The van der Waals surface area contributed by atoms with Crippen molar-refractivity contribution in [2.24, 2.45) is 4.99 Å². The maximum atomic E-state index is 11.4. The van der Waals surface area contributed by atoms with Gasteiger partial charge in [0.15, 0.2) is 6.04 Å². The van der Waals surface area contributed by atoms with Gasteiger partial charge < -0.3 is 9.84 Å². The molecule has 0 amide bonds. The van der Waals surface area contributed by atoms with Gasteiger partial charge in [0.2, 0.25) is 0 Å². The highest BCUT2D eigenvalue weighted by atomic mass is 32.2. The summed E-state index contributed by atoms with van der Waals surface area (Å²) in [6.07, 6.45) is 0. The van der Waals surface area contributed by atoms with Crippen LogP contribution in [-0.2, 0) is 9.53 Å². The van der Waals surface area contributed by atoms with Crippen molar-refractivity contribution in [2.75, 3.05) is 12.9 Å². The maximum absolute atomic E-state index is 11.4. The first-order chi connectivity index (χ1) is 9.17. The number of aromatic nitrogens is 1. The minimum Gasteiger partial charge on any atom is -0.508 e. The number of thioether (sulfide) groups is 1. The van der Waals surface area contributed by atoms with Gasteiger partial charge in [0.05, 0.1) is 17.3 Å². The van der Waals surface area contributed by atoms with Crippen molar-refractivity contribution in [1.82, 2.24) is 4.98 Å². The van der Waals surface area contributed by atoms with Crippen LogP contribution in [0, 0.1) is 0 Å². The Balaban J connectivity index is 1.95. The quantitative estimate of drug-likeness (QED) is 0.858. The van der Waals surface area contributed by atoms with Crippen molar-refractivity contribution in [3.63, 3.8) is 0 Å². The lowest BCUT2D eigenvalue weighted by molar-refractivity contribution is -0.141. The number of rotatable bonds is 2. The molecule has 0 aliphatic carbocycles. The van der Waals surface area contributed by atoms with Crippen LogP contribution in [0.15, 0.2) is 23.2 Å². The number of fused-ring (bicyclic) bond motifs is 1. The number of thiazole rings is 1. The Bertz CT molecular complexity index is 681. The van der Waals surface area contributed by atoms with E-state index in [0.717, 1.165) is 20.3 Å². The van der Waals surface area contributed by atoms with Crippen LogP contribution in [0.1, 0.15) is 5.01 Å². The first-order valence-electron chi connectivity index (χ1n) is 5.56. The summed E-state index contributed by atoms with van der Waals surface area (Å²) in [5.74, 6) is 0.487. The van der Waals surface area contributed by atoms with Crippen molar-refractivity contribution in [1.29, 1.82) is 0 Å². The number of carbonyl (C=O) groups excluding carboxylic acids is 1. The number of methoxy groups -OCH3 is 1. The molecule has 1 atom stereocenters. The Hall–Kier alpha value is -1.60. The van der Waals surface area contributed by atoms with Crippen LogP contribution in [0.3, 0.4) is 0 Å². The second-order valence-corrected chi connectivity index (χ2v) is 5.99. The number of ether oxygens (including phenoxy) is 1. The number of hydrogen-bond acceptors (Lipinski definition) is 7. The van der Waals surface area contributed by atoms with Crippen LogP contribution in [0.2, 0.25) is 0 Å². The number of aliphatic imine (C=N–C) groups is 1. The SMILES string of the molecule is COC(=O)[C@@H]1CSC(c2nc3ccc(O)cc3s2)=N1. The lowest BCUT2D eigenvalue weighted by Gasteiger charge is -2.00. The van der Waals surface area contributed by atoms with Crippen LogP contribution in [0.25, 0.3) is 10.2 Å². The molecule has 0 bridgehead atoms. The van der Waals surface area contributed by atoms with Crippen LogP contribution in [0.4, 0.5) is 0 Å². The highest BCUT2D eigenvalue weighted by molar-refractivity contribution is 8.15. The van der Waals surface area contributed by atoms with Gasteiger partial charge in [-0.15, -0.1) is 23.1 Å². The summed E-state index contributed by atoms with van der Waals surface area (Å²) in [4.78, 5) is 20.2. The number of benzene rings is 1. The molecule has 1 aromatic heterocycles. The zero-order chi connectivity index (χ0) is 13.4. The van der Waals surface area contributed by atoms with Gasteiger partial charge in [-0.25, -0.2) is 9.78 Å². The lowest BCUT2D eigenvalue weighted by atomic mass is 10.3. The zero-order valence-electron chi connectivity index (χ0n) is 9.99. The van der Waals surface area contributed by atoms with Crippen molar-refractivity contribution in [3.05, 3.63) is 23.2 Å². The zero-order valence-corrected chi connectivity index (χ0v) is 11.6. The number of phenols is 1. The molecule has 0 fully saturated rings. The van der Waals surface area contributed by atoms with Gasteiger partial charge in [-0.05, 0) is 18.2 Å². The molecule has 0 saturated carbocycles. The van der Waals surface area contributed by atoms with E-state index in [9.17, 15) is 9.90 Å². The molecular weight excluding hydrogens is 284 g/mol. The number of aromatic hydroxyl groups is 1. The Kier molecular flexibility index (Phi) is 3.16. The number of esters is 1. The fraction of sp³-hybridized carbons (Fsp3) is 0.250. The molecule has 1 N–H and O–H groups in total. The van der Waals surface area contributed by atoms with Crippen molar-refractivity contribution < 1.29 is 14.6 Å². The van der Waals surface area contributed by atoms with Gasteiger partial charge in [0.25, 0.3) is 0 Å². The first-order valence-corrected chi connectivity index (χ1v) is 7.36. The normalized spacial score (nSPS) is 18.6. The molecule has 0 saturated heterocycles. The van der Waals surface area contributed by atoms with Crippen molar-refractivity contribution in [3.8, 4) is 5.75 Å². The van der Waals surface area contributed by atoms with E-state index in [4.69, 9.17) is 0 Å². The van der Waals surface area contributed by atoms with E-state index in [1.807, 2.05) is 0 Å². The molecule has 2 aromatic rings. The monoisotopic (exact) mass is 294 g/mol. The minimum atomic E-state index is -0.439. The molecule has 1 aliphatic rings. The molecular formula is C12H10N2O3S2. The van der Waals surface area contributed by atoms with Gasteiger partial charge in [0.1, 0.15) is 15.8 Å². The second-order valence-electron chi connectivity index (χ2n) is 3.96. The van der Waals surface area contributed by atoms with Gasteiger partial charge in [-0.2, -0.15) is 0 Å². The molecule has 1 aliphatic heterocycles. The molecule has 1 aromatic carbocycles. The van der Waals surface area contributed by atoms with Crippen LogP contribution >= 0.6 is 23.1 Å². The second kappa shape index (κ2) is 4.82. The van der Waals surface area contributed by atoms with E-state index in [1.165, 1.54) is 30.2 Å².